The number of hydrogen-bond acceptors (Lipinski definition) is 4. The molecule has 5 nitrogen and oxygen atoms in total. The third-order valence-electron chi connectivity index (χ3n) is 3.27. The van der Waals surface area contributed by atoms with Crippen molar-refractivity contribution in [2.75, 3.05) is 18.5 Å². The summed E-state index contributed by atoms with van der Waals surface area (Å²) in [5.41, 5.74) is 2.26. The van der Waals surface area contributed by atoms with Crippen LogP contribution >= 0.6 is 0 Å². The van der Waals surface area contributed by atoms with E-state index in [1.54, 1.807) is 24.4 Å². The van der Waals surface area contributed by atoms with Crippen molar-refractivity contribution in [2.45, 2.75) is 19.9 Å². The highest BCUT2D eigenvalue weighted by molar-refractivity contribution is 5.41. The largest absolute Gasteiger partial charge is 0.373 e. The fourth-order valence-corrected chi connectivity index (χ4v) is 2.07. The molecule has 0 saturated carbocycles. The van der Waals surface area contributed by atoms with Crippen molar-refractivity contribution < 1.29 is 0 Å². The predicted molar refractivity (Wildman–Crippen MR) is 82.3 cm³/mol. The molecule has 108 valence electrons. The van der Waals surface area contributed by atoms with Gasteiger partial charge in [0.05, 0.1) is 30.1 Å². The second-order valence-corrected chi connectivity index (χ2v) is 4.94. The van der Waals surface area contributed by atoms with Gasteiger partial charge in [-0.2, -0.15) is 10.4 Å². The average molecular weight is 282 g/mol. The summed E-state index contributed by atoms with van der Waals surface area (Å²) >= 11 is 0. The van der Waals surface area contributed by atoms with Crippen LogP contribution in [0.5, 0.6) is 0 Å². The minimum atomic E-state index is -0.125. The van der Waals surface area contributed by atoms with Crippen LogP contribution in [0.2, 0.25) is 0 Å². The van der Waals surface area contributed by atoms with Crippen molar-refractivity contribution in [3.05, 3.63) is 58.0 Å². The van der Waals surface area contributed by atoms with Crippen LogP contribution in [0.4, 0.5) is 5.69 Å². The quantitative estimate of drug-likeness (QED) is 0.841. The van der Waals surface area contributed by atoms with Gasteiger partial charge in [0.1, 0.15) is 0 Å². The van der Waals surface area contributed by atoms with E-state index in [-0.39, 0.29) is 5.56 Å². The molecular formula is C16H18N4O. The molecule has 2 aromatic rings. The van der Waals surface area contributed by atoms with Gasteiger partial charge in [-0.25, -0.2) is 4.68 Å². The number of nitrogens with zero attached hydrogens (tertiary/aromatic N) is 4. The van der Waals surface area contributed by atoms with Crippen LogP contribution in [0.1, 0.15) is 24.5 Å². The lowest BCUT2D eigenvalue weighted by Gasteiger charge is -2.17. The van der Waals surface area contributed by atoms with Gasteiger partial charge >= 0.3 is 0 Å². The highest BCUT2D eigenvalue weighted by Gasteiger charge is 2.05. The summed E-state index contributed by atoms with van der Waals surface area (Å²) in [5, 5.41) is 13.0. The standard InChI is InChI=1S/C16H18N4O/c1-3-8-19(2)15-9-16(21)20(18-11-15)12-14-6-4-13(10-17)5-7-14/h4-7,9,11H,3,8,12H2,1-2H3. The highest BCUT2D eigenvalue weighted by atomic mass is 16.1. The number of hydrogen-bond donors (Lipinski definition) is 0. The Bertz CT molecular complexity index is 697. The van der Waals surface area contributed by atoms with Crippen molar-refractivity contribution in [1.82, 2.24) is 9.78 Å². The first-order valence-electron chi connectivity index (χ1n) is 6.91. The number of nitriles is 1. The number of anilines is 1. The molecule has 0 radical (unpaired) electrons. The maximum Gasteiger partial charge on any atom is 0.269 e. The SMILES string of the molecule is CCCN(C)c1cnn(Cc2ccc(C#N)cc2)c(=O)c1. The van der Waals surface area contributed by atoms with Crippen LogP contribution in [-0.2, 0) is 6.54 Å². The lowest BCUT2D eigenvalue weighted by atomic mass is 10.1. The van der Waals surface area contributed by atoms with E-state index in [9.17, 15) is 4.79 Å². The van der Waals surface area contributed by atoms with Gasteiger partial charge in [-0.3, -0.25) is 4.79 Å². The Kier molecular flexibility index (Phi) is 4.72. The van der Waals surface area contributed by atoms with Gasteiger partial charge in [-0.1, -0.05) is 19.1 Å². The Balaban J connectivity index is 2.17. The van der Waals surface area contributed by atoms with Crippen molar-refractivity contribution >= 4 is 5.69 Å². The molecule has 2 rings (SSSR count). The lowest BCUT2D eigenvalue weighted by molar-refractivity contribution is 0.637. The summed E-state index contributed by atoms with van der Waals surface area (Å²) in [6, 6.07) is 10.8. The summed E-state index contributed by atoms with van der Waals surface area (Å²) in [4.78, 5) is 14.1. The van der Waals surface area contributed by atoms with Crippen LogP contribution in [0.15, 0.2) is 41.3 Å². The monoisotopic (exact) mass is 282 g/mol. The average Bonchev–Trinajstić information content (AvgIpc) is 2.50. The summed E-state index contributed by atoms with van der Waals surface area (Å²) in [5.74, 6) is 0. The van der Waals surface area contributed by atoms with E-state index in [1.165, 1.54) is 4.68 Å². The molecule has 0 aliphatic carbocycles. The van der Waals surface area contributed by atoms with E-state index in [1.807, 2.05) is 24.1 Å². The van der Waals surface area contributed by atoms with Crippen LogP contribution in [0, 0.1) is 11.3 Å². The predicted octanol–water partition coefficient (Wildman–Crippen LogP) is 2.01. The van der Waals surface area contributed by atoms with Crippen molar-refractivity contribution in [1.29, 1.82) is 5.26 Å². The smallest absolute Gasteiger partial charge is 0.269 e. The molecule has 0 spiro atoms. The summed E-state index contributed by atoms with van der Waals surface area (Å²) in [6.07, 6.45) is 2.73. The molecule has 0 bridgehead atoms. The first kappa shape index (κ1) is 14.8. The zero-order valence-corrected chi connectivity index (χ0v) is 12.3. The topological polar surface area (TPSA) is 61.9 Å². The molecule has 5 heteroatoms. The normalized spacial score (nSPS) is 10.1. The van der Waals surface area contributed by atoms with E-state index in [4.69, 9.17) is 5.26 Å². The molecule has 0 unspecified atom stereocenters. The molecule has 0 aliphatic rings. The third-order valence-corrected chi connectivity index (χ3v) is 3.27. The van der Waals surface area contributed by atoms with E-state index in [2.05, 4.69) is 18.1 Å². The Morgan fingerprint density at radius 2 is 2.05 bits per heavy atom. The van der Waals surface area contributed by atoms with Gasteiger partial charge < -0.3 is 4.90 Å². The summed E-state index contributed by atoms with van der Waals surface area (Å²) in [6.45, 7) is 3.39. The number of rotatable bonds is 5. The molecule has 0 fully saturated rings. The zero-order valence-electron chi connectivity index (χ0n) is 12.3. The van der Waals surface area contributed by atoms with Gasteiger partial charge in [0.25, 0.3) is 5.56 Å². The zero-order chi connectivity index (χ0) is 15.2. The van der Waals surface area contributed by atoms with Crippen molar-refractivity contribution in [2.24, 2.45) is 0 Å². The van der Waals surface area contributed by atoms with Gasteiger partial charge in [0.15, 0.2) is 0 Å². The van der Waals surface area contributed by atoms with Gasteiger partial charge in [0.2, 0.25) is 0 Å². The van der Waals surface area contributed by atoms with E-state index in [0.717, 1.165) is 24.2 Å². The minimum absolute atomic E-state index is 0.125. The number of benzene rings is 1. The van der Waals surface area contributed by atoms with Gasteiger partial charge in [-0.05, 0) is 24.1 Å². The molecule has 0 saturated heterocycles. The van der Waals surface area contributed by atoms with E-state index < -0.39 is 0 Å². The maximum absolute atomic E-state index is 12.1. The van der Waals surface area contributed by atoms with Crippen molar-refractivity contribution in [3.8, 4) is 6.07 Å². The fourth-order valence-electron chi connectivity index (χ4n) is 2.07. The molecule has 0 N–H and O–H groups in total. The number of aromatic nitrogens is 2. The molecule has 0 atom stereocenters. The summed E-state index contributed by atoms with van der Waals surface area (Å²) in [7, 11) is 1.95. The lowest BCUT2D eigenvalue weighted by Crippen LogP contribution is -2.26. The van der Waals surface area contributed by atoms with Gasteiger partial charge in [-0.15, -0.1) is 0 Å². The second-order valence-electron chi connectivity index (χ2n) is 4.94. The molecule has 0 aliphatic heterocycles. The maximum atomic E-state index is 12.1. The Morgan fingerprint density at radius 1 is 1.33 bits per heavy atom. The molecule has 1 heterocycles. The molecular weight excluding hydrogens is 264 g/mol. The molecule has 0 amide bonds. The minimum Gasteiger partial charge on any atom is -0.373 e. The Morgan fingerprint density at radius 3 is 2.62 bits per heavy atom. The fraction of sp³-hybridized carbons (Fsp3) is 0.312. The van der Waals surface area contributed by atoms with E-state index >= 15 is 0 Å². The first-order valence-corrected chi connectivity index (χ1v) is 6.91. The molecule has 21 heavy (non-hydrogen) atoms. The molecule has 1 aromatic carbocycles. The first-order chi connectivity index (χ1) is 10.1. The van der Waals surface area contributed by atoms with Crippen LogP contribution in [-0.4, -0.2) is 23.4 Å². The third kappa shape index (κ3) is 3.69. The van der Waals surface area contributed by atoms with Crippen molar-refractivity contribution in [3.63, 3.8) is 0 Å². The highest BCUT2D eigenvalue weighted by Crippen LogP contribution is 2.08. The van der Waals surface area contributed by atoms with Gasteiger partial charge in [0, 0.05) is 19.7 Å². The van der Waals surface area contributed by atoms with Crippen LogP contribution in [0.3, 0.4) is 0 Å². The Hall–Kier alpha value is -2.61. The van der Waals surface area contributed by atoms with Crippen LogP contribution < -0.4 is 10.5 Å². The van der Waals surface area contributed by atoms with Crippen LogP contribution in [0.25, 0.3) is 0 Å². The second kappa shape index (κ2) is 6.71. The molecule has 1 aromatic heterocycles. The van der Waals surface area contributed by atoms with E-state index in [0.29, 0.717) is 12.1 Å². The Labute approximate surface area is 124 Å². The summed E-state index contributed by atoms with van der Waals surface area (Å²) < 4.78 is 1.42.